The van der Waals surface area contributed by atoms with Gasteiger partial charge in [-0.05, 0) is 42.2 Å². The van der Waals surface area contributed by atoms with Gasteiger partial charge < -0.3 is 14.6 Å². The number of hydrogen-bond acceptors (Lipinski definition) is 4. The Labute approximate surface area is 127 Å². The minimum absolute atomic E-state index is 0.00219. The topological polar surface area (TPSA) is 51.6 Å². The molecule has 5 heteroatoms. The van der Waals surface area contributed by atoms with Gasteiger partial charge in [0.05, 0.1) is 11.1 Å². The monoisotopic (exact) mass is 303 g/mol. The zero-order valence-electron chi connectivity index (χ0n) is 11.3. The summed E-state index contributed by atoms with van der Waals surface area (Å²) in [5.41, 5.74) is 2.94. The van der Waals surface area contributed by atoms with Gasteiger partial charge in [0.2, 0.25) is 6.79 Å². The molecule has 21 heavy (non-hydrogen) atoms. The Kier molecular flexibility index (Phi) is 3.01. The quantitative estimate of drug-likeness (QED) is 0.925. The molecule has 1 aromatic heterocycles. The molecule has 2 atom stereocenters. The van der Waals surface area contributed by atoms with E-state index >= 15 is 0 Å². The number of pyridine rings is 1. The average Bonchev–Trinajstić information content (AvgIpc) is 3.13. The van der Waals surface area contributed by atoms with Gasteiger partial charge in [-0.2, -0.15) is 0 Å². The summed E-state index contributed by atoms with van der Waals surface area (Å²) < 4.78 is 10.7. The van der Waals surface area contributed by atoms with Crippen molar-refractivity contribution in [3.8, 4) is 11.5 Å². The van der Waals surface area contributed by atoms with Crippen LogP contribution in [0.1, 0.15) is 35.3 Å². The molecule has 0 spiro atoms. The van der Waals surface area contributed by atoms with Gasteiger partial charge in [0, 0.05) is 17.8 Å². The van der Waals surface area contributed by atoms with Crippen molar-refractivity contribution in [2.45, 2.75) is 24.9 Å². The van der Waals surface area contributed by atoms with Crippen LogP contribution in [0.2, 0.25) is 5.02 Å². The molecule has 1 aromatic carbocycles. The van der Waals surface area contributed by atoms with Crippen molar-refractivity contribution in [1.82, 2.24) is 4.98 Å². The van der Waals surface area contributed by atoms with E-state index in [-0.39, 0.29) is 12.7 Å². The lowest BCUT2D eigenvalue weighted by Crippen LogP contribution is -2.09. The van der Waals surface area contributed by atoms with Crippen molar-refractivity contribution in [1.29, 1.82) is 0 Å². The second-order valence-corrected chi connectivity index (χ2v) is 5.78. The van der Waals surface area contributed by atoms with E-state index in [9.17, 15) is 5.11 Å². The maximum absolute atomic E-state index is 10.7. The summed E-state index contributed by atoms with van der Waals surface area (Å²) in [6, 6.07) is 7.56. The van der Waals surface area contributed by atoms with Crippen molar-refractivity contribution >= 4 is 11.6 Å². The Hall–Kier alpha value is -1.78. The molecule has 2 aliphatic rings. The number of aromatic nitrogens is 1. The fourth-order valence-corrected chi connectivity index (χ4v) is 3.42. The number of aliphatic hydroxyl groups excluding tert-OH is 1. The molecule has 1 N–H and O–H groups in total. The minimum atomic E-state index is -0.645. The Balaban J connectivity index is 1.70. The number of rotatable bonds is 2. The molecule has 0 bridgehead atoms. The third kappa shape index (κ3) is 2.06. The van der Waals surface area contributed by atoms with Crippen molar-refractivity contribution < 1.29 is 14.6 Å². The Morgan fingerprint density at radius 1 is 1.33 bits per heavy atom. The molecule has 1 aliphatic carbocycles. The maximum Gasteiger partial charge on any atom is 0.231 e. The molecule has 0 fully saturated rings. The number of fused-ring (bicyclic) bond motifs is 2. The molecule has 0 amide bonds. The molecule has 108 valence electrons. The van der Waals surface area contributed by atoms with Gasteiger partial charge in [0.15, 0.2) is 11.5 Å². The SMILES string of the molecule is OC(c1cc(Cl)c2c(c1)OCO2)C1CCc2cccnc21. The van der Waals surface area contributed by atoms with E-state index in [1.165, 1.54) is 5.56 Å². The number of aryl methyl sites for hydroxylation is 1. The highest BCUT2D eigenvalue weighted by molar-refractivity contribution is 6.32. The molecule has 0 saturated heterocycles. The molecular weight excluding hydrogens is 290 g/mol. The van der Waals surface area contributed by atoms with Crippen LogP contribution < -0.4 is 9.47 Å². The van der Waals surface area contributed by atoms with E-state index in [0.717, 1.165) is 24.1 Å². The van der Waals surface area contributed by atoms with Gasteiger partial charge in [-0.25, -0.2) is 0 Å². The number of aliphatic hydroxyl groups is 1. The summed E-state index contributed by atoms with van der Waals surface area (Å²) in [6.45, 7) is 0.169. The predicted octanol–water partition coefficient (Wildman–Crippen LogP) is 3.23. The van der Waals surface area contributed by atoms with Crippen molar-refractivity contribution in [3.05, 3.63) is 52.3 Å². The van der Waals surface area contributed by atoms with Crippen LogP contribution in [0.5, 0.6) is 11.5 Å². The highest BCUT2D eigenvalue weighted by atomic mass is 35.5. The van der Waals surface area contributed by atoms with E-state index in [4.69, 9.17) is 21.1 Å². The predicted molar refractivity (Wildman–Crippen MR) is 77.8 cm³/mol. The molecule has 4 nitrogen and oxygen atoms in total. The van der Waals surface area contributed by atoms with E-state index in [2.05, 4.69) is 11.1 Å². The number of nitrogens with zero attached hydrogens (tertiary/aromatic N) is 1. The first-order valence-corrected chi connectivity index (χ1v) is 7.33. The van der Waals surface area contributed by atoms with Crippen molar-refractivity contribution in [3.63, 3.8) is 0 Å². The molecule has 2 heterocycles. The normalized spacial score (nSPS) is 20.4. The van der Waals surface area contributed by atoms with Crippen LogP contribution >= 0.6 is 11.6 Å². The van der Waals surface area contributed by atoms with Crippen LogP contribution in [-0.2, 0) is 6.42 Å². The fraction of sp³-hybridized carbons (Fsp3) is 0.312. The first-order valence-electron chi connectivity index (χ1n) is 6.95. The van der Waals surface area contributed by atoms with Crippen LogP contribution in [0.4, 0.5) is 0 Å². The van der Waals surface area contributed by atoms with Crippen molar-refractivity contribution in [2.24, 2.45) is 0 Å². The van der Waals surface area contributed by atoms with Crippen LogP contribution in [0.15, 0.2) is 30.5 Å². The zero-order valence-corrected chi connectivity index (χ0v) is 12.0. The third-order valence-electron chi connectivity index (χ3n) is 4.17. The van der Waals surface area contributed by atoms with Gasteiger partial charge >= 0.3 is 0 Å². The molecule has 0 radical (unpaired) electrons. The second kappa shape index (κ2) is 4.90. The molecule has 0 saturated carbocycles. The lowest BCUT2D eigenvalue weighted by atomic mass is 9.93. The van der Waals surface area contributed by atoms with Crippen LogP contribution in [0.25, 0.3) is 0 Å². The average molecular weight is 304 g/mol. The Bertz CT molecular complexity index is 704. The molecule has 1 aliphatic heterocycles. The lowest BCUT2D eigenvalue weighted by Gasteiger charge is -2.19. The fourth-order valence-electron chi connectivity index (χ4n) is 3.14. The third-order valence-corrected chi connectivity index (χ3v) is 4.45. The van der Waals surface area contributed by atoms with Crippen LogP contribution in [-0.4, -0.2) is 16.9 Å². The van der Waals surface area contributed by atoms with Gasteiger partial charge in [0.25, 0.3) is 0 Å². The summed E-state index contributed by atoms with van der Waals surface area (Å²) in [4.78, 5) is 4.43. The summed E-state index contributed by atoms with van der Waals surface area (Å²) in [6.07, 6.45) is 2.97. The highest BCUT2D eigenvalue weighted by Crippen LogP contribution is 2.45. The number of ether oxygens (including phenoxy) is 2. The first kappa shape index (κ1) is 12.9. The Morgan fingerprint density at radius 3 is 3.14 bits per heavy atom. The highest BCUT2D eigenvalue weighted by Gasteiger charge is 2.32. The second-order valence-electron chi connectivity index (χ2n) is 5.37. The summed E-state index contributed by atoms with van der Waals surface area (Å²) in [7, 11) is 0. The molecule has 4 rings (SSSR count). The van der Waals surface area contributed by atoms with Gasteiger partial charge in [0.1, 0.15) is 0 Å². The van der Waals surface area contributed by atoms with E-state index < -0.39 is 6.10 Å². The molecule has 2 aromatic rings. The van der Waals surface area contributed by atoms with E-state index in [1.807, 2.05) is 6.07 Å². The largest absolute Gasteiger partial charge is 0.454 e. The van der Waals surface area contributed by atoms with Crippen LogP contribution in [0.3, 0.4) is 0 Å². The molecular formula is C16H14ClNO3. The summed E-state index contributed by atoms with van der Waals surface area (Å²) in [5, 5.41) is 11.2. The van der Waals surface area contributed by atoms with Gasteiger partial charge in [-0.1, -0.05) is 17.7 Å². The zero-order chi connectivity index (χ0) is 14.4. The lowest BCUT2D eigenvalue weighted by molar-refractivity contribution is 0.142. The van der Waals surface area contributed by atoms with Crippen molar-refractivity contribution in [2.75, 3.05) is 6.79 Å². The maximum atomic E-state index is 10.7. The van der Waals surface area contributed by atoms with Gasteiger partial charge in [-0.15, -0.1) is 0 Å². The standard InChI is InChI=1S/C16H14ClNO3/c17-12-6-10(7-13-16(12)21-8-20-13)15(19)11-4-3-9-2-1-5-18-14(9)11/h1-2,5-7,11,15,19H,3-4,8H2. The van der Waals surface area contributed by atoms with Gasteiger partial charge in [-0.3, -0.25) is 4.98 Å². The number of benzene rings is 1. The smallest absolute Gasteiger partial charge is 0.231 e. The van der Waals surface area contributed by atoms with E-state index in [0.29, 0.717) is 16.5 Å². The minimum Gasteiger partial charge on any atom is -0.454 e. The Morgan fingerprint density at radius 2 is 2.24 bits per heavy atom. The number of halogens is 1. The van der Waals surface area contributed by atoms with E-state index in [1.54, 1.807) is 18.3 Å². The van der Waals surface area contributed by atoms with Crippen LogP contribution in [0, 0.1) is 0 Å². The summed E-state index contributed by atoms with van der Waals surface area (Å²) in [5.74, 6) is 1.14. The molecule has 2 unspecified atom stereocenters. The first-order chi connectivity index (χ1) is 10.2. The summed E-state index contributed by atoms with van der Waals surface area (Å²) >= 11 is 6.19. The number of hydrogen-bond donors (Lipinski definition) is 1.